The Labute approximate surface area is 275 Å². The lowest BCUT2D eigenvalue weighted by Crippen LogP contribution is -2.36. The van der Waals surface area contributed by atoms with E-state index in [0.717, 1.165) is 33.3 Å². The van der Waals surface area contributed by atoms with E-state index in [1.54, 1.807) is 11.8 Å². The third-order valence-corrected chi connectivity index (χ3v) is 9.75. The van der Waals surface area contributed by atoms with Gasteiger partial charge in [0, 0.05) is 31.7 Å². The first-order valence-corrected chi connectivity index (χ1v) is 18.7. The summed E-state index contributed by atoms with van der Waals surface area (Å²) < 4.78 is 77.1. The minimum Gasteiger partial charge on any atom is -0.439 e. The first-order chi connectivity index (χ1) is 22.4. The van der Waals surface area contributed by atoms with Crippen LogP contribution in [0.5, 0.6) is 5.75 Å². The molecule has 1 aliphatic heterocycles. The van der Waals surface area contributed by atoms with E-state index in [-0.39, 0.29) is 18.7 Å². The van der Waals surface area contributed by atoms with Crippen LogP contribution in [0.1, 0.15) is 43.7 Å². The summed E-state index contributed by atoms with van der Waals surface area (Å²) in [5, 5.41) is 0. The Balaban J connectivity index is 1.52. The van der Waals surface area contributed by atoms with Crippen LogP contribution in [0.4, 0.5) is 5.69 Å². The van der Waals surface area contributed by atoms with Gasteiger partial charge in [-0.15, -0.1) is 0 Å². The smallest absolute Gasteiger partial charge is 0.374 e. The second-order valence-corrected chi connectivity index (χ2v) is 14.6. The topological polar surface area (TPSA) is 139 Å². The molecule has 4 aromatic rings. The predicted molar refractivity (Wildman–Crippen MR) is 182 cm³/mol. The van der Waals surface area contributed by atoms with E-state index in [0.29, 0.717) is 48.3 Å². The molecule has 0 bridgehead atoms. The molecule has 0 amide bonds. The van der Waals surface area contributed by atoms with Gasteiger partial charge in [-0.1, -0.05) is 50.2 Å². The molecule has 2 heterocycles. The molecule has 0 saturated heterocycles. The van der Waals surface area contributed by atoms with Gasteiger partial charge in [-0.25, -0.2) is 0 Å². The highest BCUT2D eigenvalue weighted by atomic mass is 32.2. The van der Waals surface area contributed by atoms with Crippen LogP contribution in [0.3, 0.4) is 0 Å². The average Bonchev–Trinajstić information content (AvgIpc) is 3.54. The number of ether oxygens (including phenoxy) is 1. The highest BCUT2D eigenvalue weighted by Crippen LogP contribution is 2.42. The van der Waals surface area contributed by atoms with Crippen LogP contribution in [0.2, 0.25) is 0 Å². The lowest BCUT2D eigenvalue weighted by molar-refractivity contribution is -0.677. The van der Waals surface area contributed by atoms with Gasteiger partial charge >= 0.3 is 5.89 Å². The van der Waals surface area contributed by atoms with E-state index < -0.39 is 26.0 Å². The van der Waals surface area contributed by atoms with Crippen molar-refractivity contribution in [1.29, 1.82) is 0 Å². The molecular weight excluding hydrogens is 643 g/mol. The predicted octanol–water partition coefficient (Wildman–Crippen LogP) is 5.69. The number of nitrogens with zero attached hydrogens (tertiary/aromatic N) is 2. The van der Waals surface area contributed by atoms with E-state index in [4.69, 9.17) is 13.4 Å². The maximum Gasteiger partial charge on any atom is 0.374 e. The van der Waals surface area contributed by atoms with E-state index >= 15 is 0 Å². The van der Waals surface area contributed by atoms with Crippen LogP contribution in [-0.4, -0.2) is 46.0 Å². The Hall–Kier alpha value is -4.01. The van der Waals surface area contributed by atoms with Crippen molar-refractivity contribution in [3.8, 4) is 16.9 Å². The molecule has 3 aromatic carbocycles. The normalized spacial score (nSPS) is 14.6. The second-order valence-electron chi connectivity index (χ2n) is 11.3. The van der Waals surface area contributed by atoms with Crippen LogP contribution in [0.15, 0.2) is 82.6 Å². The summed E-state index contributed by atoms with van der Waals surface area (Å²) in [6, 6.07) is 19.5. The number of benzene rings is 3. The molecule has 1 aromatic heterocycles. The molecule has 47 heavy (non-hydrogen) atoms. The Bertz CT molecular complexity index is 2040. The largest absolute Gasteiger partial charge is 0.439 e. The number of fused-ring (bicyclic) bond motifs is 2. The van der Waals surface area contributed by atoms with Crippen molar-refractivity contribution in [2.24, 2.45) is 0 Å². The molecule has 0 spiro atoms. The van der Waals surface area contributed by atoms with Gasteiger partial charge in [0.05, 0.1) is 23.3 Å². The van der Waals surface area contributed by atoms with Gasteiger partial charge in [0.1, 0.15) is 0 Å². The highest BCUT2D eigenvalue weighted by molar-refractivity contribution is 7.86. The van der Waals surface area contributed by atoms with Crippen LogP contribution < -0.4 is 19.7 Å². The summed E-state index contributed by atoms with van der Waals surface area (Å²) in [5.74, 6) is 0.819. The zero-order valence-corrected chi connectivity index (χ0v) is 28.5. The fourth-order valence-corrected chi connectivity index (χ4v) is 6.58. The molecule has 0 aliphatic carbocycles. The summed E-state index contributed by atoms with van der Waals surface area (Å²) >= 11 is 0. The Kier molecular flexibility index (Phi) is 10.5. The van der Waals surface area contributed by atoms with E-state index in [1.807, 2.05) is 98.2 Å². The molecule has 0 atom stereocenters. The minimum absolute atomic E-state index is 0.0282. The molecule has 1 aliphatic rings. The Morgan fingerprint density at radius 3 is 2.43 bits per heavy atom. The Morgan fingerprint density at radius 2 is 1.72 bits per heavy atom. The van der Waals surface area contributed by atoms with Crippen LogP contribution >= 0.6 is 0 Å². The van der Waals surface area contributed by atoms with Crippen molar-refractivity contribution in [1.82, 2.24) is 5.48 Å². The summed E-state index contributed by atoms with van der Waals surface area (Å²) in [6.45, 7) is 8.43. The third-order valence-electron chi connectivity index (χ3n) is 7.89. The first-order valence-electron chi connectivity index (χ1n) is 15.5. The molecule has 5 rings (SSSR count). The number of hydroxylamine groups is 1. The number of anilines is 1. The number of rotatable bonds is 14. The van der Waals surface area contributed by atoms with Gasteiger partial charge in [-0.2, -0.15) is 31.2 Å². The van der Waals surface area contributed by atoms with Crippen molar-refractivity contribution in [2.45, 2.75) is 47.1 Å². The van der Waals surface area contributed by atoms with E-state index in [1.165, 1.54) is 0 Å². The van der Waals surface area contributed by atoms with Crippen molar-refractivity contribution >= 4 is 43.1 Å². The SMILES string of the molecule is CCNOS(=O)(=O)CCC[n+]1c(C=C(C=C2Oc3ccc(-c4ccccc4)cc3N2CCS(=O)(=O)O)CC)oc2cc(C)c(C)cc21. The van der Waals surface area contributed by atoms with Crippen LogP contribution in [0.25, 0.3) is 28.3 Å². The lowest BCUT2D eigenvalue weighted by atomic mass is 10.0. The fourth-order valence-electron chi connectivity index (χ4n) is 5.30. The van der Waals surface area contributed by atoms with Crippen molar-refractivity contribution in [2.75, 3.05) is 29.5 Å². The number of aryl methyl sites for hydroxylation is 3. The van der Waals surface area contributed by atoms with Gasteiger partial charge in [0.2, 0.25) is 11.5 Å². The second kappa shape index (κ2) is 14.4. The lowest BCUT2D eigenvalue weighted by Gasteiger charge is -2.18. The maximum atomic E-state index is 12.3. The van der Waals surface area contributed by atoms with Crippen molar-refractivity contribution in [3.05, 3.63) is 95.2 Å². The average molecular weight is 683 g/mol. The number of allylic oxidation sites excluding steroid dienone is 2. The molecule has 11 nitrogen and oxygen atoms in total. The van der Waals surface area contributed by atoms with Crippen molar-refractivity contribution < 1.29 is 39.4 Å². The zero-order valence-electron chi connectivity index (χ0n) is 26.9. The summed E-state index contributed by atoms with van der Waals surface area (Å²) in [4.78, 5) is 1.74. The number of nitrogens with one attached hydrogen (secondary N) is 1. The molecule has 0 unspecified atom stereocenters. The van der Waals surface area contributed by atoms with Crippen molar-refractivity contribution in [3.63, 3.8) is 0 Å². The molecular formula is C34H40N3O8S2+. The molecule has 13 heteroatoms. The van der Waals surface area contributed by atoms with E-state index in [9.17, 15) is 21.4 Å². The van der Waals surface area contributed by atoms with Gasteiger partial charge in [-0.05, 0) is 66.3 Å². The summed E-state index contributed by atoms with van der Waals surface area (Å²) in [6.07, 6.45) is 4.57. The summed E-state index contributed by atoms with van der Waals surface area (Å²) in [7, 11) is -8.00. The number of aromatic nitrogens is 1. The van der Waals surface area contributed by atoms with Crippen LogP contribution in [0, 0.1) is 13.8 Å². The highest BCUT2D eigenvalue weighted by Gasteiger charge is 2.29. The molecule has 0 saturated carbocycles. The Morgan fingerprint density at radius 1 is 0.979 bits per heavy atom. The number of hydrogen-bond acceptors (Lipinski definition) is 9. The third kappa shape index (κ3) is 8.48. The first kappa shape index (κ1) is 34.3. The van der Waals surface area contributed by atoms with Gasteiger partial charge in [0.15, 0.2) is 12.3 Å². The van der Waals surface area contributed by atoms with Gasteiger partial charge in [-0.3, -0.25) is 4.55 Å². The standard InChI is InChI=1S/C34H39N3O8S2/c1-5-26(21-33-36(15-10-17-47(41,42)45-35-6-2)29-19-24(3)25(4)20-32(29)44-33)22-34-37(16-18-46(38,39)40)30-23-28(13-14-31(30)43-34)27-11-8-7-9-12-27/h7-9,11-14,19-23,35H,5-6,10,15-18H2,1-4H3/p+1. The number of hydrogen-bond donors (Lipinski definition) is 2. The fraction of sp³-hybridized carbons (Fsp3) is 0.324. The monoisotopic (exact) mass is 682 g/mol. The quantitative estimate of drug-likeness (QED) is 0.0969. The molecule has 0 fully saturated rings. The van der Waals surface area contributed by atoms with Gasteiger partial charge in [0.25, 0.3) is 25.8 Å². The van der Waals surface area contributed by atoms with E-state index in [2.05, 4.69) is 5.48 Å². The summed E-state index contributed by atoms with van der Waals surface area (Å²) in [5.41, 5.74) is 9.47. The number of oxazole rings is 1. The molecule has 250 valence electrons. The molecule has 0 radical (unpaired) electrons. The minimum atomic E-state index is -4.25. The van der Waals surface area contributed by atoms with Crippen LogP contribution in [-0.2, 0) is 31.1 Å². The maximum absolute atomic E-state index is 12.3. The zero-order chi connectivity index (χ0) is 33.8. The van der Waals surface area contributed by atoms with Gasteiger partial charge < -0.3 is 14.1 Å². The molecule has 2 N–H and O–H groups in total.